The van der Waals surface area contributed by atoms with E-state index in [0.29, 0.717) is 23.5 Å². The molecule has 4 aromatic rings. The van der Waals surface area contributed by atoms with Gasteiger partial charge in [-0.25, -0.2) is 4.79 Å². The van der Waals surface area contributed by atoms with Crippen LogP contribution >= 0.6 is 27.5 Å². The summed E-state index contributed by atoms with van der Waals surface area (Å²) in [7, 11) is 0. The normalized spacial score (nSPS) is 10.6. The van der Waals surface area contributed by atoms with E-state index in [1.54, 1.807) is 12.3 Å². The molecule has 0 amide bonds. The zero-order valence-electron chi connectivity index (χ0n) is 22.6. The quantitative estimate of drug-likeness (QED) is 0.125. The van der Waals surface area contributed by atoms with Gasteiger partial charge in [0, 0.05) is 29.4 Å². The third-order valence-corrected chi connectivity index (χ3v) is 7.38. The molecular weight excluding hydrogens is 608 g/mol. The maximum atomic E-state index is 11.9. The number of carbonyl (C=O) groups is 1. The van der Waals surface area contributed by atoms with Crippen LogP contribution in [0.4, 0.5) is 0 Å². The molecular formula is C32H28BrClN2O5. The molecule has 4 rings (SSSR count). The van der Waals surface area contributed by atoms with E-state index >= 15 is 0 Å². The number of carboxylic acids is 1. The first kappa shape index (κ1) is 29.9. The summed E-state index contributed by atoms with van der Waals surface area (Å²) in [5, 5.41) is 19.8. The number of hydrogen-bond acceptors (Lipinski definition) is 6. The fourth-order valence-electron chi connectivity index (χ4n) is 4.31. The molecule has 3 aromatic carbocycles. The number of carboxylic acid groups (broad SMARTS) is 1. The zero-order chi connectivity index (χ0) is 29.4. The summed E-state index contributed by atoms with van der Waals surface area (Å²) in [6.45, 7) is 4.96. The molecule has 9 heteroatoms. The van der Waals surface area contributed by atoms with E-state index in [9.17, 15) is 9.90 Å². The molecule has 0 spiro atoms. The fourth-order valence-corrected chi connectivity index (χ4v) is 4.75. The number of nitriles is 1. The molecule has 0 radical (unpaired) electrons. The highest BCUT2D eigenvalue weighted by molar-refractivity contribution is 9.09. The number of benzene rings is 3. The molecule has 210 valence electrons. The molecule has 1 N–H and O–H groups in total. The highest BCUT2D eigenvalue weighted by Gasteiger charge is 2.18. The second-order valence-electron chi connectivity index (χ2n) is 9.26. The van der Waals surface area contributed by atoms with Crippen LogP contribution in [0.1, 0.15) is 44.6 Å². The van der Waals surface area contributed by atoms with E-state index in [4.69, 9.17) is 31.1 Å². The molecule has 0 atom stereocenters. The van der Waals surface area contributed by atoms with Crippen LogP contribution in [0.2, 0.25) is 5.02 Å². The first-order valence-corrected chi connectivity index (χ1v) is 14.4. The smallest absolute Gasteiger partial charge is 0.339 e. The molecule has 0 bridgehead atoms. The summed E-state index contributed by atoms with van der Waals surface area (Å²) in [6, 6.07) is 18.5. The number of nitrogens with zero attached hydrogens (tertiary/aromatic N) is 2. The Hall–Kier alpha value is -4.06. The number of halogens is 2. The van der Waals surface area contributed by atoms with Crippen LogP contribution in [-0.2, 0) is 13.2 Å². The average molecular weight is 636 g/mol. The summed E-state index contributed by atoms with van der Waals surface area (Å²) in [6.07, 6.45) is 3.91. The van der Waals surface area contributed by atoms with E-state index in [2.05, 4.69) is 40.0 Å². The van der Waals surface area contributed by atoms with Crippen molar-refractivity contribution in [3.63, 3.8) is 0 Å². The number of aromatic carboxylic acids is 1. The number of rotatable bonds is 12. The minimum Gasteiger partial charge on any atom is -0.493 e. The molecule has 1 heterocycles. The summed E-state index contributed by atoms with van der Waals surface area (Å²) in [5.74, 6) is 0.0583. The maximum Gasteiger partial charge on any atom is 0.339 e. The largest absolute Gasteiger partial charge is 0.493 e. The SMILES string of the molecule is Cc1c(COc2cc(OCc3cncc(C#N)c3)c(C(=O)O)cc2Cl)cccc1-c1cccc(OCCCBr)c1C. The summed E-state index contributed by atoms with van der Waals surface area (Å²) >= 11 is 9.86. The monoisotopic (exact) mass is 634 g/mol. The van der Waals surface area contributed by atoms with Gasteiger partial charge in [0.25, 0.3) is 0 Å². The summed E-state index contributed by atoms with van der Waals surface area (Å²) in [4.78, 5) is 15.9. The highest BCUT2D eigenvalue weighted by Crippen LogP contribution is 2.36. The van der Waals surface area contributed by atoms with Crippen LogP contribution in [0, 0.1) is 25.2 Å². The van der Waals surface area contributed by atoms with Gasteiger partial charge in [0.15, 0.2) is 0 Å². The van der Waals surface area contributed by atoms with Gasteiger partial charge in [-0.05, 0) is 66.3 Å². The van der Waals surface area contributed by atoms with Gasteiger partial charge in [0.1, 0.15) is 42.1 Å². The Morgan fingerprint density at radius 2 is 1.68 bits per heavy atom. The maximum absolute atomic E-state index is 11.9. The van der Waals surface area contributed by atoms with Crippen molar-refractivity contribution in [1.29, 1.82) is 5.26 Å². The zero-order valence-corrected chi connectivity index (χ0v) is 25.0. The molecule has 0 aliphatic heterocycles. The average Bonchev–Trinajstić information content (AvgIpc) is 2.97. The minimum atomic E-state index is -1.19. The Balaban J connectivity index is 1.56. The van der Waals surface area contributed by atoms with Crippen molar-refractivity contribution >= 4 is 33.5 Å². The Morgan fingerprint density at radius 1 is 0.951 bits per heavy atom. The van der Waals surface area contributed by atoms with Gasteiger partial charge in [-0.15, -0.1) is 0 Å². The van der Waals surface area contributed by atoms with Gasteiger partial charge in [0.05, 0.1) is 17.2 Å². The molecule has 0 saturated carbocycles. The first-order valence-electron chi connectivity index (χ1n) is 12.9. The van der Waals surface area contributed by atoms with Crippen molar-refractivity contribution in [2.24, 2.45) is 0 Å². The van der Waals surface area contributed by atoms with Crippen LogP contribution in [0.25, 0.3) is 11.1 Å². The Kier molecular flexibility index (Phi) is 10.2. The van der Waals surface area contributed by atoms with Gasteiger partial charge in [-0.1, -0.05) is 57.9 Å². The van der Waals surface area contributed by atoms with Crippen molar-refractivity contribution < 1.29 is 24.1 Å². The lowest BCUT2D eigenvalue weighted by Gasteiger charge is -2.17. The van der Waals surface area contributed by atoms with Crippen LogP contribution in [0.3, 0.4) is 0 Å². The van der Waals surface area contributed by atoms with Gasteiger partial charge in [-0.3, -0.25) is 4.98 Å². The standard InChI is InChI=1S/C32H28BrClN2O5/c1-20-24(6-3-7-25(20)26-8-4-9-29(21(26)2)39-11-5-10-33)19-41-31-14-30(27(32(37)38)13-28(31)34)40-18-23-12-22(15-35)16-36-17-23/h3-4,6-9,12-14,16-17H,5,10-11,18-19H2,1-2H3,(H,37,38). The van der Waals surface area contributed by atoms with Gasteiger partial charge >= 0.3 is 5.97 Å². The van der Waals surface area contributed by atoms with Crippen LogP contribution in [0.15, 0.2) is 67.0 Å². The number of hydrogen-bond donors (Lipinski definition) is 1. The molecule has 0 unspecified atom stereocenters. The second-order valence-corrected chi connectivity index (χ2v) is 10.5. The number of ether oxygens (including phenoxy) is 3. The third kappa shape index (κ3) is 7.37. The second kappa shape index (κ2) is 14.0. The predicted molar refractivity (Wildman–Crippen MR) is 161 cm³/mol. The molecule has 0 saturated heterocycles. The molecule has 7 nitrogen and oxygen atoms in total. The Morgan fingerprint density at radius 3 is 2.41 bits per heavy atom. The number of pyridine rings is 1. The lowest BCUT2D eigenvalue weighted by atomic mass is 9.93. The van der Waals surface area contributed by atoms with Crippen molar-refractivity contribution in [3.8, 4) is 34.4 Å². The topological polar surface area (TPSA) is 102 Å². The van der Waals surface area contributed by atoms with Gasteiger partial charge in [0.2, 0.25) is 0 Å². The summed E-state index contributed by atoms with van der Waals surface area (Å²) < 4.78 is 17.9. The van der Waals surface area contributed by atoms with E-state index in [-0.39, 0.29) is 29.5 Å². The third-order valence-electron chi connectivity index (χ3n) is 6.52. The van der Waals surface area contributed by atoms with E-state index in [0.717, 1.165) is 45.3 Å². The van der Waals surface area contributed by atoms with E-state index in [1.807, 2.05) is 37.3 Å². The Labute approximate surface area is 252 Å². The highest BCUT2D eigenvalue weighted by atomic mass is 79.9. The first-order chi connectivity index (χ1) is 19.8. The van der Waals surface area contributed by atoms with Crippen LogP contribution in [-0.4, -0.2) is 28.0 Å². The molecule has 0 aliphatic carbocycles. The molecule has 0 aliphatic rings. The van der Waals surface area contributed by atoms with Crippen molar-refractivity contribution in [2.75, 3.05) is 11.9 Å². The number of alkyl halides is 1. The van der Waals surface area contributed by atoms with Gasteiger partial charge in [-0.2, -0.15) is 5.26 Å². The fraction of sp³-hybridized carbons (Fsp3) is 0.219. The van der Waals surface area contributed by atoms with Crippen LogP contribution in [0.5, 0.6) is 17.2 Å². The minimum absolute atomic E-state index is 0.0171. The molecule has 0 fully saturated rings. The van der Waals surface area contributed by atoms with Gasteiger partial charge < -0.3 is 19.3 Å². The van der Waals surface area contributed by atoms with E-state index < -0.39 is 5.97 Å². The molecule has 41 heavy (non-hydrogen) atoms. The predicted octanol–water partition coefficient (Wildman–Crippen LogP) is 7.91. The Bertz CT molecular complexity index is 1600. The van der Waals surface area contributed by atoms with Crippen molar-refractivity contribution in [3.05, 3.63) is 105 Å². The number of aromatic nitrogens is 1. The molecule has 1 aromatic heterocycles. The summed E-state index contributed by atoms with van der Waals surface area (Å²) in [5.41, 5.74) is 6.12. The van der Waals surface area contributed by atoms with E-state index in [1.165, 1.54) is 18.3 Å². The lowest BCUT2D eigenvalue weighted by Crippen LogP contribution is -2.06. The van der Waals surface area contributed by atoms with Crippen molar-refractivity contribution in [2.45, 2.75) is 33.5 Å². The van der Waals surface area contributed by atoms with Crippen molar-refractivity contribution in [1.82, 2.24) is 4.98 Å². The lowest BCUT2D eigenvalue weighted by molar-refractivity contribution is 0.0691. The van der Waals surface area contributed by atoms with Crippen LogP contribution < -0.4 is 14.2 Å².